The number of hydrogen-bond acceptors (Lipinski definition) is 8. The van der Waals surface area contributed by atoms with E-state index < -0.39 is 22.5 Å². The van der Waals surface area contributed by atoms with E-state index in [0.717, 1.165) is 7.11 Å². The van der Waals surface area contributed by atoms with Gasteiger partial charge in [0.25, 0.3) is 5.69 Å². The number of aryl methyl sites for hydroxylation is 1. The molecule has 0 unspecified atom stereocenters. The van der Waals surface area contributed by atoms with Crippen molar-refractivity contribution in [1.82, 2.24) is 4.98 Å². The molecule has 0 aliphatic carbocycles. The largest absolute Gasteiger partial charge is 0.465 e. The number of carbonyl (C=O) groups is 2. The zero-order valence-electron chi connectivity index (χ0n) is 16.6. The van der Waals surface area contributed by atoms with Crippen molar-refractivity contribution in [3.05, 3.63) is 56.9 Å². The second kappa shape index (κ2) is 8.06. The van der Waals surface area contributed by atoms with Crippen LogP contribution in [0.1, 0.15) is 52.9 Å². The molecular formula is C20H19N3O6. The molecule has 1 heterocycles. The quantitative estimate of drug-likeness (QED) is 0.434. The van der Waals surface area contributed by atoms with E-state index in [1.807, 2.05) is 6.07 Å². The van der Waals surface area contributed by atoms with Crippen molar-refractivity contribution in [1.29, 1.82) is 5.26 Å². The smallest absolute Gasteiger partial charge is 0.341 e. The van der Waals surface area contributed by atoms with Gasteiger partial charge in [-0.2, -0.15) is 5.26 Å². The summed E-state index contributed by atoms with van der Waals surface area (Å²) >= 11 is 0. The van der Waals surface area contributed by atoms with Crippen LogP contribution >= 0.6 is 0 Å². The highest BCUT2D eigenvalue weighted by Gasteiger charge is 2.31. The standard InChI is InChI=1S/C20H19N3O6/c1-11-15(19(25)29-20(2,3)4)16(12-7-6-8-13(9-12)23(26)27)17(18(24)28-5)14(10-21)22-11/h6-9H,1-5H3. The Morgan fingerprint density at radius 1 is 1.21 bits per heavy atom. The number of aromatic nitrogens is 1. The van der Waals surface area contributed by atoms with Crippen molar-refractivity contribution >= 4 is 17.6 Å². The van der Waals surface area contributed by atoms with Crippen LogP contribution in [-0.4, -0.2) is 34.6 Å². The normalized spacial score (nSPS) is 10.8. The number of pyridine rings is 1. The molecule has 0 saturated heterocycles. The topological polar surface area (TPSA) is 132 Å². The highest BCUT2D eigenvalue weighted by Crippen LogP contribution is 2.34. The maximum atomic E-state index is 12.9. The summed E-state index contributed by atoms with van der Waals surface area (Å²) in [5.74, 6) is -1.68. The van der Waals surface area contributed by atoms with Crippen LogP contribution in [0.4, 0.5) is 5.69 Å². The summed E-state index contributed by atoms with van der Waals surface area (Å²) in [6.45, 7) is 6.50. The molecule has 9 nitrogen and oxygen atoms in total. The Balaban J connectivity index is 2.96. The number of non-ortho nitro benzene ring substituents is 1. The lowest BCUT2D eigenvalue weighted by atomic mass is 9.92. The molecule has 150 valence electrons. The molecule has 1 aromatic heterocycles. The summed E-state index contributed by atoms with van der Waals surface area (Å²) in [6.07, 6.45) is 0. The van der Waals surface area contributed by atoms with Gasteiger partial charge in [0.1, 0.15) is 17.2 Å². The van der Waals surface area contributed by atoms with E-state index in [1.54, 1.807) is 20.8 Å². The Morgan fingerprint density at radius 3 is 2.38 bits per heavy atom. The van der Waals surface area contributed by atoms with Gasteiger partial charge >= 0.3 is 11.9 Å². The van der Waals surface area contributed by atoms with E-state index in [2.05, 4.69) is 4.98 Å². The van der Waals surface area contributed by atoms with Crippen molar-refractivity contribution in [2.45, 2.75) is 33.3 Å². The molecule has 29 heavy (non-hydrogen) atoms. The molecule has 0 aliphatic rings. The molecule has 9 heteroatoms. The number of nitriles is 1. The number of esters is 2. The molecule has 0 amide bonds. The summed E-state index contributed by atoms with van der Waals surface area (Å²) in [5, 5.41) is 20.7. The van der Waals surface area contributed by atoms with Crippen molar-refractivity contribution in [3.63, 3.8) is 0 Å². The first-order chi connectivity index (χ1) is 13.5. The molecule has 2 aromatic rings. The van der Waals surface area contributed by atoms with Crippen LogP contribution in [0, 0.1) is 28.4 Å². The maximum absolute atomic E-state index is 12.9. The third-order valence-electron chi connectivity index (χ3n) is 3.82. The van der Waals surface area contributed by atoms with E-state index in [-0.39, 0.29) is 39.3 Å². The number of nitro benzene ring substituents is 1. The highest BCUT2D eigenvalue weighted by atomic mass is 16.6. The van der Waals surface area contributed by atoms with Gasteiger partial charge in [0.05, 0.1) is 23.3 Å². The molecule has 0 atom stereocenters. The minimum atomic E-state index is -0.902. The lowest BCUT2D eigenvalue weighted by molar-refractivity contribution is -0.384. The predicted molar refractivity (Wildman–Crippen MR) is 102 cm³/mol. The summed E-state index contributed by atoms with van der Waals surface area (Å²) < 4.78 is 10.2. The molecular weight excluding hydrogens is 378 g/mol. The Kier molecular flexibility index (Phi) is 5.98. The van der Waals surface area contributed by atoms with Crippen molar-refractivity contribution < 1.29 is 24.0 Å². The molecule has 0 aliphatic heterocycles. The number of hydrogen-bond donors (Lipinski definition) is 0. The minimum absolute atomic E-state index is 0.00106. The Morgan fingerprint density at radius 2 is 1.86 bits per heavy atom. The molecule has 0 saturated carbocycles. The second-order valence-electron chi connectivity index (χ2n) is 7.08. The van der Waals surface area contributed by atoms with E-state index >= 15 is 0 Å². The first kappa shape index (κ1) is 21.5. The molecule has 1 aromatic carbocycles. The Hall–Kier alpha value is -3.80. The zero-order chi connectivity index (χ0) is 21.9. The van der Waals surface area contributed by atoms with Gasteiger partial charge in [-0.1, -0.05) is 12.1 Å². The first-order valence-corrected chi connectivity index (χ1v) is 8.51. The van der Waals surface area contributed by atoms with E-state index in [9.17, 15) is 25.0 Å². The zero-order valence-corrected chi connectivity index (χ0v) is 16.6. The average Bonchev–Trinajstić information content (AvgIpc) is 2.64. The van der Waals surface area contributed by atoms with Crippen LogP contribution in [0.3, 0.4) is 0 Å². The van der Waals surface area contributed by atoms with Gasteiger partial charge in [0, 0.05) is 17.7 Å². The number of benzene rings is 1. The van der Waals surface area contributed by atoms with Crippen molar-refractivity contribution in [2.24, 2.45) is 0 Å². The Labute approximate surface area is 167 Å². The SMILES string of the molecule is COC(=O)c1c(C#N)nc(C)c(C(=O)OC(C)(C)C)c1-c1cccc([N+](=O)[O-])c1. The van der Waals surface area contributed by atoms with Gasteiger partial charge in [0.15, 0.2) is 5.69 Å². The first-order valence-electron chi connectivity index (χ1n) is 8.51. The van der Waals surface area contributed by atoms with Crippen LogP contribution in [-0.2, 0) is 9.47 Å². The summed E-state index contributed by atoms with van der Waals surface area (Å²) in [5.41, 5.74) is -1.36. The van der Waals surface area contributed by atoms with Gasteiger partial charge in [-0.15, -0.1) is 0 Å². The van der Waals surface area contributed by atoms with Crippen molar-refractivity contribution in [2.75, 3.05) is 7.11 Å². The van der Waals surface area contributed by atoms with Gasteiger partial charge in [-0.3, -0.25) is 10.1 Å². The van der Waals surface area contributed by atoms with Gasteiger partial charge < -0.3 is 9.47 Å². The number of rotatable bonds is 4. The van der Waals surface area contributed by atoms with Crippen LogP contribution < -0.4 is 0 Å². The molecule has 0 bridgehead atoms. The van der Waals surface area contributed by atoms with Crippen molar-refractivity contribution in [3.8, 4) is 17.2 Å². The fourth-order valence-corrected chi connectivity index (χ4v) is 2.73. The number of nitro groups is 1. The fraction of sp³-hybridized carbons (Fsp3) is 0.300. The van der Waals surface area contributed by atoms with Crippen LogP contribution in [0.2, 0.25) is 0 Å². The van der Waals surface area contributed by atoms with Crippen LogP contribution in [0.5, 0.6) is 0 Å². The van der Waals surface area contributed by atoms with Gasteiger partial charge in [0.2, 0.25) is 0 Å². The molecule has 0 radical (unpaired) electrons. The van der Waals surface area contributed by atoms with E-state index in [0.29, 0.717) is 0 Å². The fourth-order valence-electron chi connectivity index (χ4n) is 2.73. The molecule has 0 N–H and O–H groups in total. The molecule has 2 rings (SSSR count). The van der Waals surface area contributed by atoms with Crippen LogP contribution in [0.25, 0.3) is 11.1 Å². The van der Waals surface area contributed by atoms with E-state index in [4.69, 9.17) is 9.47 Å². The maximum Gasteiger partial charge on any atom is 0.341 e. The third-order valence-corrected chi connectivity index (χ3v) is 3.82. The third kappa shape index (κ3) is 4.55. The molecule has 0 spiro atoms. The lowest BCUT2D eigenvalue weighted by Crippen LogP contribution is -2.26. The molecule has 0 fully saturated rings. The highest BCUT2D eigenvalue weighted by molar-refractivity contribution is 6.07. The number of carbonyl (C=O) groups excluding carboxylic acids is 2. The summed E-state index contributed by atoms with van der Waals surface area (Å²) in [6, 6.07) is 7.19. The summed E-state index contributed by atoms with van der Waals surface area (Å²) in [4.78, 5) is 40.1. The lowest BCUT2D eigenvalue weighted by Gasteiger charge is -2.22. The van der Waals surface area contributed by atoms with Gasteiger partial charge in [-0.05, 0) is 33.3 Å². The van der Waals surface area contributed by atoms with E-state index in [1.165, 1.54) is 31.2 Å². The predicted octanol–water partition coefficient (Wildman–Crippen LogP) is 3.58. The Bertz CT molecular complexity index is 1050. The van der Waals surface area contributed by atoms with Crippen LogP contribution in [0.15, 0.2) is 24.3 Å². The average molecular weight is 397 g/mol. The number of ether oxygens (including phenoxy) is 2. The second-order valence-corrected chi connectivity index (χ2v) is 7.08. The minimum Gasteiger partial charge on any atom is -0.465 e. The van der Waals surface area contributed by atoms with Gasteiger partial charge in [-0.25, -0.2) is 14.6 Å². The summed E-state index contributed by atoms with van der Waals surface area (Å²) in [7, 11) is 1.12. The number of methoxy groups -OCH3 is 1. The monoisotopic (exact) mass is 397 g/mol. The number of nitrogens with zero attached hydrogens (tertiary/aromatic N) is 3.